The molecule has 0 spiro atoms. The van der Waals surface area contributed by atoms with E-state index >= 15 is 0 Å². The first-order valence-electron chi connectivity index (χ1n) is 1.71. The summed E-state index contributed by atoms with van der Waals surface area (Å²) in [5, 5.41) is 0. The zero-order chi connectivity index (χ0) is 8.62. The van der Waals surface area contributed by atoms with Crippen LogP contribution in [-0.2, 0) is 30.1 Å². The van der Waals surface area contributed by atoms with Crippen molar-refractivity contribution in [1.29, 1.82) is 0 Å². The minimum atomic E-state index is -3.66. The van der Waals surface area contributed by atoms with Gasteiger partial charge in [-0.2, -0.15) is 8.42 Å². The average Bonchev–Trinajstić information content (AvgIpc) is 1.90. The average molecular weight is 349 g/mol. The fourth-order valence-corrected chi connectivity index (χ4v) is 0.204. The van der Waals surface area contributed by atoms with E-state index in [1.165, 1.54) is 11.3 Å². The summed E-state index contributed by atoms with van der Waals surface area (Å²) in [5.41, 5.74) is 0. The summed E-state index contributed by atoms with van der Waals surface area (Å²) in [6, 6.07) is 0. The Kier molecular flexibility index (Phi) is 11.7. The quantitative estimate of drug-likeness (QED) is 0.703. The van der Waals surface area contributed by atoms with Crippen LogP contribution in [0.1, 0.15) is 0 Å². The molecule has 0 aromatic carbocycles. The molecule has 0 amide bonds. The van der Waals surface area contributed by atoms with E-state index in [-0.39, 0.29) is 0 Å². The van der Waals surface area contributed by atoms with Crippen LogP contribution in [-0.4, -0.2) is 22.6 Å². The molecule has 8 heteroatoms. The van der Waals surface area contributed by atoms with Gasteiger partial charge in [-0.1, -0.05) is 0 Å². The van der Waals surface area contributed by atoms with Gasteiger partial charge in [-0.25, -0.2) is 0 Å². The van der Waals surface area contributed by atoms with Crippen molar-refractivity contribution in [2.24, 2.45) is 0 Å². The van der Waals surface area contributed by atoms with Gasteiger partial charge in [0.1, 0.15) is 0 Å². The van der Waals surface area contributed by atoms with Crippen molar-refractivity contribution in [2.75, 3.05) is 14.2 Å². The Labute approximate surface area is 80.5 Å². The normalized spacial score (nSPS) is 10.4. The molecule has 0 atom stereocenters. The second-order valence-corrected chi connectivity index (χ2v) is 7.02. The molecule has 0 aliphatic heterocycles. The fraction of sp³-hybridized carbons (Fsp3) is 1.00. The van der Waals surface area contributed by atoms with Crippen LogP contribution >= 0.6 is 28.2 Å². The summed E-state index contributed by atoms with van der Waals surface area (Å²) < 4.78 is 27.5. The van der Waals surface area contributed by atoms with Crippen LogP contribution in [0.15, 0.2) is 0 Å². The second-order valence-electron chi connectivity index (χ2n) is 0.785. The first-order valence-corrected chi connectivity index (χ1v) is 7.70. The van der Waals surface area contributed by atoms with Gasteiger partial charge in [0.05, 0.1) is 14.2 Å². The molecule has 0 heterocycles. The number of hydrogen-bond acceptors (Lipinski definition) is 4. The zero-order valence-electron chi connectivity index (χ0n) is 5.10. The third-order valence-corrected chi connectivity index (χ3v) is 1.22. The molecule has 0 bridgehead atoms. The zero-order valence-corrected chi connectivity index (χ0v) is 10.0. The molecule has 0 aromatic rings. The van der Waals surface area contributed by atoms with Crippen molar-refractivity contribution in [3.8, 4) is 0 Å². The van der Waals surface area contributed by atoms with Crippen molar-refractivity contribution < 1.29 is 28.1 Å². The molecule has 0 saturated heterocycles. The monoisotopic (exact) mass is 347 g/mol. The van der Waals surface area contributed by atoms with Crippen LogP contribution < -0.4 is 0 Å². The molecule has 0 unspecified atom stereocenters. The molecule has 0 saturated carbocycles. The number of hydrogen-bond donors (Lipinski definition) is 0. The maximum atomic E-state index is 9.92. The molecule has 0 radical (unpaired) electrons. The standard InChI is InChI=1S/C2H6O4S.2BrH.Cu/c1-5-7(3,4)6-2;;;/h1-2H3;2*1H;/q;;;+2/p-2. The summed E-state index contributed by atoms with van der Waals surface area (Å²) in [6.45, 7) is 0. The van der Waals surface area contributed by atoms with Crippen molar-refractivity contribution in [2.45, 2.75) is 0 Å². The molecule has 69 valence electrons. The SMILES string of the molecule is COS(=O)(=O)OC.[Br][Cu][Br]. The van der Waals surface area contributed by atoms with Gasteiger partial charge < -0.3 is 0 Å². The Hall–Kier alpha value is 1.35. The van der Waals surface area contributed by atoms with E-state index in [1.54, 1.807) is 0 Å². The molecule has 0 aromatic heterocycles. The van der Waals surface area contributed by atoms with Crippen molar-refractivity contribution in [3.63, 3.8) is 0 Å². The minimum absolute atomic E-state index is 1.03. The second kappa shape index (κ2) is 8.45. The van der Waals surface area contributed by atoms with Gasteiger partial charge >= 0.3 is 50.0 Å². The number of rotatable bonds is 2. The summed E-state index contributed by atoms with van der Waals surface area (Å²) in [7, 11) is -1.60. The van der Waals surface area contributed by atoms with Gasteiger partial charge in [0.15, 0.2) is 0 Å². The van der Waals surface area contributed by atoms with Gasteiger partial charge in [-0.3, -0.25) is 8.37 Å². The van der Waals surface area contributed by atoms with E-state index in [9.17, 15) is 8.42 Å². The van der Waals surface area contributed by atoms with E-state index in [0.717, 1.165) is 14.2 Å². The first kappa shape index (κ1) is 13.9. The van der Waals surface area contributed by atoms with Crippen LogP contribution in [0.4, 0.5) is 0 Å². The summed E-state index contributed by atoms with van der Waals surface area (Å²) in [6.07, 6.45) is 0. The van der Waals surface area contributed by atoms with E-state index in [0.29, 0.717) is 0 Å². The van der Waals surface area contributed by atoms with E-state index in [4.69, 9.17) is 0 Å². The Morgan fingerprint density at radius 1 is 1.20 bits per heavy atom. The maximum absolute atomic E-state index is 9.92. The van der Waals surface area contributed by atoms with Gasteiger partial charge in [0.2, 0.25) is 0 Å². The van der Waals surface area contributed by atoms with Crippen LogP contribution in [0, 0.1) is 0 Å². The van der Waals surface area contributed by atoms with Crippen LogP contribution in [0.3, 0.4) is 0 Å². The fourth-order valence-electron chi connectivity index (χ4n) is 0.0680. The number of halogens is 2. The van der Waals surface area contributed by atoms with Gasteiger partial charge in [-0.05, 0) is 0 Å². The molecule has 0 aliphatic rings. The van der Waals surface area contributed by atoms with E-state index in [1.807, 2.05) is 0 Å². The topological polar surface area (TPSA) is 52.6 Å². The molecular formula is C2H6Br2CuO4S. The van der Waals surface area contributed by atoms with E-state index < -0.39 is 10.4 Å². The Morgan fingerprint density at radius 3 is 1.40 bits per heavy atom. The summed E-state index contributed by atoms with van der Waals surface area (Å²) >= 11 is 7.38. The molecule has 0 rings (SSSR count). The van der Waals surface area contributed by atoms with E-state index in [2.05, 4.69) is 36.6 Å². The van der Waals surface area contributed by atoms with Crippen LogP contribution in [0.5, 0.6) is 0 Å². The molecule has 4 nitrogen and oxygen atoms in total. The Balaban J connectivity index is 0. The molecule has 10 heavy (non-hydrogen) atoms. The molecule has 0 aliphatic carbocycles. The molecular weight excluding hydrogens is 343 g/mol. The first-order chi connectivity index (χ1) is 4.54. The third-order valence-electron chi connectivity index (χ3n) is 0.408. The van der Waals surface area contributed by atoms with Gasteiger partial charge in [-0.15, -0.1) is 0 Å². The van der Waals surface area contributed by atoms with Crippen molar-refractivity contribution in [3.05, 3.63) is 0 Å². The third kappa shape index (κ3) is 12.1. The summed E-state index contributed by atoms with van der Waals surface area (Å²) in [5.74, 6) is 0. The predicted octanol–water partition coefficient (Wildman–Crippen LogP) is 1.21. The van der Waals surface area contributed by atoms with Crippen molar-refractivity contribution >= 4 is 38.6 Å². The predicted molar refractivity (Wildman–Crippen MR) is 40.8 cm³/mol. The van der Waals surface area contributed by atoms with Crippen LogP contribution in [0.25, 0.3) is 0 Å². The Morgan fingerprint density at radius 2 is 1.40 bits per heavy atom. The summed E-state index contributed by atoms with van der Waals surface area (Å²) in [4.78, 5) is 0. The van der Waals surface area contributed by atoms with Gasteiger partial charge in [0.25, 0.3) is 0 Å². The molecule has 0 N–H and O–H groups in total. The molecule has 0 fully saturated rings. The van der Waals surface area contributed by atoms with Crippen LogP contribution in [0.2, 0.25) is 0 Å². The van der Waals surface area contributed by atoms with Gasteiger partial charge in [0, 0.05) is 0 Å². The van der Waals surface area contributed by atoms with Crippen molar-refractivity contribution in [1.82, 2.24) is 0 Å². The Bertz CT molecular complexity index is 135.